The molecule has 0 saturated carbocycles. The largest absolute Gasteiger partial charge is 0.338 e. The number of amides is 4. The van der Waals surface area contributed by atoms with Gasteiger partial charge in [0.15, 0.2) is 0 Å². The number of imide groups is 1. The summed E-state index contributed by atoms with van der Waals surface area (Å²) < 4.78 is 27.1. The lowest BCUT2D eigenvalue weighted by molar-refractivity contribution is -0.139. The van der Waals surface area contributed by atoms with Gasteiger partial charge in [0.25, 0.3) is 5.91 Å². The Balaban J connectivity index is 1.27. The topological polar surface area (TPSA) is 107 Å². The van der Waals surface area contributed by atoms with E-state index in [1.807, 2.05) is 36.4 Å². The van der Waals surface area contributed by atoms with Crippen molar-refractivity contribution in [3.8, 4) is 0 Å². The van der Waals surface area contributed by atoms with Crippen molar-refractivity contribution >= 4 is 50.2 Å². The molecule has 0 spiro atoms. The summed E-state index contributed by atoms with van der Waals surface area (Å²) in [5.74, 6) is -0.930. The van der Waals surface area contributed by atoms with Crippen molar-refractivity contribution < 1.29 is 22.8 Å². The number of nitrogens with zero attached hydrogens (tertiary/aromatic N) is 3. The summed E-state index contributed by atoms with van der Waals surface area (Å²) in [6.45, 7) is 1.72. The molecule has 0 radical (unpaired) electrons. The number of nitrogens with one attached hydrogen (secondary N) is 1. The molecule has 1 N–H and O–H groups in total. The maximum Gasteiger partial charge on any atom is 0.325 e. The van der Waals surface area contributed by atoms with Crippen molar-refractivity contribution in [3.05, 3.63) is 77.3 Å². The van der Waals surface area contributed by atoms with Crippen LogP contribution in [0.1, 0.15) is 12.5 Å². The molecule has 2 saturated heterocycles. The van der Waals surface area contributed by atoms with Gasteiger partial charge in [-0.15, -0.1) is 0 Å². The number of carbonyl (C=O) groups excluding carboxylic acids is 3. The number of hydrogen-bond acceptors (Lipinski definition) is 5. The normalized spacial score (nSPS) is 20.9. The van der Waals surface area contributed by atoms with Crippen LogP contribution < -0.4 is 5.32 Å². The third kappa shape index (κ3) is 4.45. The van der Waals surface area contributed by atoms with Gasteiger partial charge in [-0.2, -0.15) is 4.31 Å². The van der Waals surface area contributed by atoms with E-state index < -0.39 is 40.0 Å². The monoisotopic (exact) mass is 540 g/mol. The lowest BCUT2D eigenvalue weighted by Gasteiger charge is -2.34. The zero-order valence-electron chi connectivity index (χ0n) is 20.1. The number of halogens is 1. The van der Waals surface area contributed by atoms with Gasteiger partial charge in [-0.25, -0.2) is 13.2 Å². The Hall–Kier alpha value is -3.47. The molecule has 3 aromatic carbocycles. The molecule has 37 heavy (non-hydrogen) atoms. The van der Waals surface area contributed by atoms with Crippen LogP contribution in [0.2, 0.25) is 5.02 Å². The Kier molecular flexibility index (Phi) is 6.43. The molecular formula is C26H25ClN4O5S. The minimum atomic E-state index is -3.72. The fraction of sp³-hybridized carbons (Fsp3) is 0.269. The molecule has 2 heterocycles. The molecule has 0 aliphatic carbocycles. The number of hydrogen-bond donors (Lipinski definition) is 1. The third-order valence-corrected chi connectivity index (χ3v) is 9.10. The first-order chi connectivity index (χ1) is 17.6. The summed E-state index contributed by atoms with van der Waals surface area (Å²) in [6.07, 6.45) is 0. The fourth-order valence-corrected chi connectivity index (χ4v) is 6.40. The predicted molar refractivity (Wildman–Crippen MR) is 138 cm³/mol. The highest BCUT2D eigenvalue weighted by molar-refractivity contribution is 7.89. The number of urea groups is 1. The van der Waals surface area contributed by atoms with E-state index in [-0.39, 0.29) is 31.1 Å². The van der Waals surface area contributed by atoms with Crippen LogP contribution in [0.25, 0.3) is 10.8 Å². The molecule has 2 fully saturated rings. The first-order valence-electron chi connectivity index (χ1n) is 11.8. The molecule has 0 unspecified atom stereocenters. The van der Waals surface area contributed by atoms with E-state index >= 15 is 0 Å². The van der Waals surface area contributed by atoms with Gasteiger partial charge in [0.1, 0.15) is 12.1 Å². The summed E-state index contributed by atoms with van der Waals surface area (Å²) in [6, 6.07) is 18.4. The highest BCUT2D eigenvalue weighted by Gasteiger charge is 2.50. The molecule has 2 aliphatic rings. The average Bonchev–Trinajstić information content (AvgIpc) is 3.12. The summed E-state index contributed by atoms with van der Waals surface area (Å²) in [5.41, 5.74) is -0.663. The Morgan fingerprint density at radius 3 is 2.30 bits per heavy atom. The predicted octanol–water partition coefficient (Wildman–Crippen LogP) is 2.79. The summed E-state index contributed by atoms with van der Waals surface area (Å²) >= 11 is 5.86. The third-order valence-electron chi connectivity index (χ3n) is 6.94. The van der Waals surface area contributed by atoms with E-state index in [0.29, 0.717) is 10.6 Å². The molecule has 5 rings (SSSR count). The quantitative estimate of drug-likeness (QED) is 0.501. The number of piperazine rings is 1. The lowest BCUT2D eigenvalue weighted by Crippen LogP contribution is -2.53. The molecular weight excluding hydrogens is 516 g/mol. The van der Waals surface area contributed by atoms with Crippen LogP contribution in [0.15, 0.2) is 71.6 Å². The van der Waals surface area contributed by atoms with E-state index in [1.165, 1.54) is 33.5 Å². The van der Waals surface area contributed by atoms with Crippen molar-refractivity contribution in [1.82, 2.24) is 19.4 Å². The van der Waals surface area contributed by atoms with Gasteiger partial charge in [-0.3, -0.25) is 14.5 Å². The van der Waals surface area contributed by atoms with Crippen molar-refractivity contribution in [1.29, 1.82) is 0 Å². The van der Waals surface area contributed by atoms with Gasteiger partial charge in [-0.05, 0) is 47.5 Å². The number of carbonyl (C=O) groups is 3. The second-order valence-corrected chi connectivity index (χ2v) is 11.6. The highest BCUT2D eigenvalue weighted by atomic mass is 35.5. The minimum absolute atomic E-state index is 0.102. The molecule has 1 atom stereocenters. The molecule has 0 aromatic heterocycles. The van der Waals surface area contributed by atoms with Crippen LogP contribution in [0.5, 0.6) is 0 Å². The molecule has 0 bridgehead atoms. The Bertz CT molecular complexity index is 1500. The van der Waals surface area contributed by atoms with Crippen molar-refractivity contribution in [2.75, 3.05) is 32.7 Å². The number of fused-ring (bicyclic) bond motifs is 1. The smallest absolute Gasteiger partial charge is 0.325 e. The molecule has 11 heteroatoms. The minimum Gasteiger partial charge on any atom is -0.338 e. The number of benzene rings is 3. The van der Waals surface area contributed by atoms with Crippen molar-refractivity contribution in [2.24, 2.45) is 0 Å². The molecule has 192 valence electrons. The van der Waals surface area contributed by atoms with Gasteiger partial charge < -0.3 is 10.2 Å². The van der Waals surface area contributed by atoms with Crippen LogP contribution in [0.4, 0.5) is 4.79 Å². The summed E-state index contributed by atoms with van der Waals surface area (Å²) in [7, 11) is -3.72. The van der Waals surface area contributed by atoms with Gasteiger partial charge >= 0.3 is 6.03 Å². The van der Waals surface area contributed by atoms with Crippen LogP contribution in [-0.4, -0.2) is 73.1 Å². The molecule has 2 aliphatic heterocycles. The van der Waals surface area contributed by atoms with Crippen LogP contribution in [0, 0.1) is 0 Å². The number of rotatable bonds is 5. The second kappa shape index (κ2) is 9.44. The van der Waals surface area contributed by atoms with E-state index in [1.54, 1.807) is 13.0 Å². The standard InChI is InChI=1S/C26H25ClN4O5S/c1-26(22-8-4-6-18-5-2-3-7-21(18)22)24(33)31(25(34)28-26)17-23(32)29-13-15-30(16-14-29)37(35,36)20-11-9-19(27)10-12-20/h2-12H,13-17H2,1H3,(H,28,34)/t26-/m1/s1. The zero-order valence-corrected chi connectivity index (χ0v) is 21.6. The number of sulfonamides is 1. The molecule has 4 amide bonds. The summed E-state index contributed by atoms with van der Waals surface area (Å²) in [5, 5.41) is 4.98. The second-order valence-electron chi connectivity index (χ2n) is 9.21. The first kappa shape index (κ1) is 25.2. The van der Waals surface area contributed by atoms with Gasteiger partial charge in [0, 0.05) is 31.2 Å². The maximum absolute atomic E-state index is 13.4. The van der Waals surface area contributed by atoms with E-state index in [2.05, 4.69) is 5.32 Å². The average molecular weight is 541 g/mol. The van der Waals surface area contributed by atoms with Gasteiger partial charge in [-0.1, -0.05) is 54.1 Å². The van der Waals surface area contributed by atoms with Crippen molar-refractivity contribution in [2.45, 2.75) is 17.4 Å². The Morgan fingerprint density at radius 1 is 0.946 bits per heavy atom. The summed E-state index contributed by atoms with van der Waals surface area (Å²) in [4.78, 5) is 41.8. The van der Waals surface area contributed by atoms with E-state index in [4.69, 9.17) is 11.6 Å². The fourth-order valence-electron chi connectivity index (χ4n) is 4.85. The molecule has 3 aromatic rings. The van der Waals surface area contributed by atoms with E-state index in [9.17, 15) is 22.8 Å². The van der Waals surface area contributed by atoms with E-state index in [0.717, 1.165) is 15.7 Å². The van der Waals surface area contributed by atoms with Crippen LogP contribution in [-0.2, 0) is 25.2 Å². The highest BCUT2D eigenvalue weighted by Crippen LogP contribution is 2.34. The molecule has 9 nitrogen and oxygen atoms in total. The van der Waals surface area contributed by atoms with Crippen LogP contribution in [0.3, 0.4) is 0 Å². The van der Waals surface area contributed by atoms with Crippen molar-refractivity contribution in [3.63, 3.8) is 0 Å². The first-order valence-corrected chi connectivity index (χ1v) is 13.6. The lowest BCUT2D eigenvalue weighted by atomic mass is 9.88. The van der Waals surface area contributed by atoms with Crippen LogP contribution >= 0.6 is 11.6 Å². The zero-order chi connectivity index (χ0) is 26.4. The Labute approximate surface area is 219 Å². The Morgan fingerprint density at radius 2 is 1.59 bits per heavy atom. The van der Waals surface area contributed by atoms with Gasteiger partial charge in [0.05, 0.1) is 4.90 Å². The SMILES string of the molecule is C[C@]1(c2cccc3ccccc23)NC(=O)N(CC(=O)N2CCN(S(=O)(=O)c3ccc(Cl)cc3)CC2)C1=O. The maximum atomic E-state index is 13.4. The van der Waals surface area contributed by atoms with Gasteiger partial charge in [0.2, 0.25) is 15.9 Å².